The number of alkyl halides is 3. The van der Waals surface area contributed by atoms with Crippen LogP contribution in [-0.4, -0.2) is 64.5 Å². The summed E-state index contributed by atoms with van der Waals surface area (Å²) >= 11 is 0. The van der Waals surface area contributed by atoms with Crippen LogP contribution < -0.4 is 27.1 Å². The molecule has 0 aliphatic carbocycles. The number of nitrogens with two attached hydrogens (primary N) is 2. The van der Waals surface area contributed by atoms with Crippen LogP contribution in [0.2, 0.25) is 0 Å². The molecule has 0 saturated heterocycles. The Hall–Kier alpha value is -5.08. The Morgan fingerprint density at radius 2 is 1.68 bits per heavy atom. The van der Waals surface area contributed by atoms with E-state index in [4.69, 9.17) is 26.1 Å². The minimum atomic E-state index is -5.08. The highest BCUT2D eigenvalue weighted by Gasteiger charge is 2.38. The number of nitrogens with zero attached hydrogens (tertiary/aromatic N) is 2. The highest BCUT2D eigenvalue weighted by Crippen LogP contribution is 2.26. The molecule has 0 bridgehead atoms. The van der Waals surface area contributed by atoms with Crippen molar-refractivity contribution in [1.29, 1.82) is 0 Å². The van der Waals surface area contributed by atoms with Crippen molar-refractivity contribution in [1.82, 2.24) is 9.88 Å². The van der Waals surface area contributed by atoms with Crippen LogP contribution in [0.5, 0.6) is 5.75 Å². The zero-order chi connectivity index (χ0) is 30.7. The van der Waals surface area contributed by atoms with E-state index in [0.29, 0.717) is 12.2 Å². The molecule has 1 amide bonds. The second-order valence-electron chi connectivity index (χ2n) is 8.48. The van der Waals surface area contributed by atoms with E-state index in [1.54, 1.807) is 19.4 Å². The van der Waals surface area contributed by atoms with Gasteiger partial charge in [-0.15, -0.1) is 0 Å². The molecule has 1 atom stereocenters. The molecule has 1 heterocycles. The molecule has 0 aliphatic heterocycles. The molecule has 7 N–H and O–H groups in total. The molecule has 3 rings (SSSR count). The van der Waals surface area contributed by atoms with Gasteiger partial charge in [-0.1, -0.05) is 24.3 Å². The number of carboxylic acid groups (broad SMARTS) is 2. The Bertz CT molecular complexity index is 1480. The Morgan fingerprint density at radius 1 is 1.07 bits per heavy atom. The lowest BCUT2D eigenvalue weighted by atomic mass is 10.1. The molecule has 0 aliphatic rings. The smallest absolute Gasteiger partial charge is 0.490 e. The number of benzene rings is 2. The Labute approximate surface area is 231 Å². The van der Waals surface area contributed by atoms with Crippen LogP contribution in [0, 0.1) is 0 Å². The number of aliphatic imine (C=N–C) groups is 1. The van der Waals surface area contributed by atoms with Crippen molar-refractivity contribution >= 4 is 34.6 Å². The van der Waals surface area contributed by atoms with Gasteiger partial charge in [0.2, 0.25) is 0 Å². The predicted octanol–water partition coefficient (Wildman–Crippen LogP) is 1.93. The van der Waals surface area contributed by atoms with E-state index >= 15 is 0 Å². The predicted molar refractivity (Wildman–Crippen MR) is 143 cm³/mol. The molecule has 2 aromatic carbocycles. The number of hydrogen-bond acceptors (Lipinski definition) is 6. The van der Waals surface area contributed by atoms with Crippen molar-refractivity contribution in [2.75, 3.05) is 13.7 Å². The quantitative estimate of drug-likeness (QED) is 0.135. The molecule has 0 unspecified atom stereocenters. The lowest BCUT2D eigenvalue weighted by Gasteiger charge is -2.15. The summed E-state index contributed by atoms with van der Waals surface area (Å²) < 4.78 is 38.6. The fraction of sp³-hybridized carbons (Fsp3) is 0.269. The lowest BCUT2D eigenvalue weighted by molar-refractivity contribution is -0.192. The van der Waals surface area contributed by atoms with Crippen LogP contribution in [-0.2, 0) is 16.1 Å². The number of pyridine rings is 1. The van der Waals surface area contributed by atoms with Gasteiger partial charge in [-0.05, 0) is 47.9 Å². The fourth-order valence-corrected chi connectivity index (χ4v) is 3.59. The van der Waals surface area contributed by atoms with Gasteiger partial charge in [0.1, 0.15) is 17.4 Å². The average molecular weight is 580 g/mol. The topological polar surface area (TPSA) is 199 Å². The Balaban J connectivity index is 0.000000745. The van der Waals surface area contributed by atoms with Crippen LogP contribution in [0.4, 0.5) is 13.2 Å². The molecule has 41 heavy (non-hydrogen) atoms. The molecule has 12 nitrogen and oxygen atoms in total. The maximum Gasteiger partial charge on any atom is 0.490 e. The summed E-state index contributed by atoms with van der Waals surface area (Å²) in [6.07, 6.45) is -3.07. The van der Waals surface area contributed by atoms with E-state index < -0.39 is 35.6 Å². The van der Waals surface area contributed by atoms with Gasteiger partial charge in [0.05, 0.1) is 13.7 Å². The third-order valence-corrected chi connectivity index (χ3v) is 5.55. The van der Waals surface area contributed by atoms with E-state index in [9.17, 15) is 32.7 Å². The van der Waals surface area contributed by atoms with Gasteiger partial charge in [-0.25, -0.2) is 9.59 Å². The number of aromatic nitrogens is 1. The van der Waals surface area contributed by atoms with E-state index in [0.717, 1.165) is 16.3 Å². The summed E-state index contributed by atoms with van der Waals surface area (Å²) in [4.78, 5) is 50.0. The first-order chi connectivity index (χ1) is 19.2. The maximum absolute atomic E-state index is 13.0. The summed E-state index contributed by atoms with van der Waals surface area (Å²) in [7, 11) is 1.56. The minimum Gasteiger partial charge on any atom is -0.496 e. The molecule has 3 aromatic rings. The third-order valence-electron chi connectivity index (χ3n) is 5.55. The van der Waals surface area contributed by atoms with Gasteiger partial charge in [0.15, 0.2) is 5.96 Å². The minimum absolute atomic E-state index is 0.0937. The molecule has 1 aromatic heterocycles. The standard InChI is InChI=1S/C24H27N5O5.C2HF3O2/c1-34-20-13-16-7-3-2-6-15(16)12-17(20)14-29-11-5-8-18(22(29)31)21(30)28-19(23(32)33)9-4-10-27-24(25)26;3-2(4,5)1(6)7/h2-3,5-8,11-13,19H,4,9-10,14H2,1H3,(H,28,30)(H,32,33)(H4,25,26,27);(H,6,7)/t19-;/m0./s1. The molecule has 15 heteroatoms. The number of hydrogen-bond donors (Lipinski definition) is 5. The number of carboxylic acids is 2. The van der Waals surface area contributed by atoms with Crippen LogP contribution in [0.15, 0.2) is 64.5 Å². The van der Waals surface area contributed by atoms with Crippen molar-refractivity contribution in [2.24, 2.45) is 16.5 Å². The number of fused-ring (bicyclic) bond motifs is 1. The van der Waals surface area contributed by atoms with E-state index in [1.165, 1.54) is 10.6 Å². The summed E-state index contributed by atoms with van der Waals surface area (Å²) in [6, 6.07) is 13.4. The largest absolute Gasteiger partial charge is 0.496 e. The van der Waals surface area contributed by atoms with Crippen molar-refractivity contribution in [3.63, 3.8) is 0 Å². The molecule has 220 valence electrons. The van der Waals surface area contributed by atoms with Gasteiger partial charge in [-0.2, -0.15) is 13.2 Å². The number of guanidine groups is 1. The van der Waals surface area contributed by atoms with E-state index in [-0.39, 0.29) is 31.0 Å². The number of carbonyl (C=O) groups excluding carboxylic acids is 1. The summed E-state index contributed by atoms with van der Waals surface area (Å²) in [6.45, 7) is 0.405. The second kappa shape index (κ2) is 14.3. The van der Waals surface area contributed by atoms with Crippen LogP contribution in [0.25, 0.3) is 10.8 Å². The van der Waals surface area contributed by atoms with Gasteiger partial charge in [0.25, 0.3) is 11.5 Å². The zero-order valence-corrected chi connectivity index (χ0v) is 21.7. The highest BCUT2D eigenvalue weighted by atomic mass is 19.4. The second-order valence-corrected chi connectivity index (χ2v) is 8.48. The summed E-state index contributed by atoms with van der Waals surface area (Å²) in [5.74, 6) is -4.21. The number of halogens is 3. The van der Waals surface area contributed by atoms with Crippen LogP contribution in [0.3, 0.4) is 0 Å². The lowest BCUT2D eigenvalue weighted by Crippen LogP contribution is -2.43. The summed E-state index contributed by atoms with van der Waals surface area (Å²) in [5.41, 5.74) is 10.6. The first kappa shape index (κ1) is 32.1. The Kier molecular flexibility index (Phi) is 11.2. The van der Waals surface area contributed by atoms with Gasteiger partial charge < -0.3 is 36.3 Å². The van der Waals surface area contributed by atoms with E-state index in [1.807, 2.05) is 36.4 Å². The van der Waals surface area contributed by atoms with Crippen molar-refractivity contribution < 1.29 is 42.5 Å². The van der Waals surface area contributed by atoms with Gasteiger partial charge >= 0.3 is 18.1 Å². The third kappa shape index (κ3) is 9.56. The summed E-state index contributed by atoms with van der Waals surface area (Å²) in [5, 5.41) is 21.0. The number of aliphatic carboxylic acids is 2. The number of amides is 1. The zero-order valence-electron chi connectivity index (χ0n) is 21.7. The molecular weight excluding hydrogens is 551 g/mol. The SMILES string of the molecule is COc1cc2ccccc2cc1Cn1cccc(C(=O)N[C@@H](CCCN=C(N)N)C(=O)O)c1=O.O=C(O)C(F)(F)F. The maximum atomic E-state index is 13.0. The molecule has 0 spiro atoms. The number of carbonyl (C=O) groups is 3. The first-order valence-electron chi connectivity index (χ1n) is 11.9. The van der Waals surface area contributed by atoms with Crippen molar-refractivity contribution in [2.45, 2.75) is 31.6 Å². The normalized spacial score (nSPS) is 11.5. The first-order valence-corrected chi connectivity index (χ1v) is 11.9. The number of methoxy groups -OCH3 is 1. The van der Waals surface area contributed by atoms with Crippen LogP contribution >= 0.6 is 0 Å². The Morgan fingerprint density at radius 3 is 2.22 bits per heavy atom. The van der Waals surface area contributed by atoms with Crippen molar-refractivity contribution in [3.8, 4) is 5.75 Å². The monoisotopic (exact) mass is 579 g/mol. The van der Waals surface area contributed by atoms with Gasteiger partial charge in [0, 0.05) is 18.3 Å². The highest BCUT2D eigenvalue weighted by molar-refractivity contribution is 5.96. The molecule has 0 saturated carbocycles. The number of rotatable bonds is 10. The molecular formula is C26H28F3N5O7. The van der Waals surface area contributed by atoms with Crippen molar-refractivity contribution in [3.05, 3.63) is 76.2 Å². The molecule has 0 radical (unpaired) electrons. The number of nitrogens with one attached hydrogen (secondary N) is 1. The molecule has 0 fully saturated rings. The van der Waals surface area contributed by atoms with Crippen LogP contribution in [0.1, 0.15) is 28.8 Å². The number of ether oxygens (including phenoxy) is 1. The fourth-order valence-electron chi connectivity index (χ4n) is 3.59. The van der Waals surface area contributed by atoms with Gasteiger partial charge in [-0.3, -0.25) is 14.6 Å². The average Bonchev–Trinajstić information content (AvgIpc) is 2.90. The van der Waals surface area contributed by atoms with E-state index in [2.05, 4.69) is 10.3 Å².